The van der Waals surface area contributed by atoms with E-state index in [1.807, 2.05) is 0 Å². The zero-order valence-corrected chi connectivity index (χ0v) is 12.3. The second-order valence-corrected chi connectivity index (χ2v) is 4.89. The number of benzene rings is 2. The minimum Gasteiger partial charge on any atom is -0.489 e. The van der Waals surface area contributed by atoms with E-state index in [1.165, 1.54) is 19.2 Å². The first-order chi connectivity index (χ1) is 9.60. The van der Waals surface area contributed by atoms with Crippen LogP contribution in [-0.2, 0) is 11.3 Å². The third-order valence-electron chi connectivity index (χ3n) is 2.68. The van der Waals surface area contributed by atoms with Gasteiger partial charge in [-0.3, -0.25) is 0 Å². The highest BCUT2D eigenvalue weighted by molar-refractivity contribution is 9.10. The number of carbonyl (C=O) groups excluding carboxylic acids is 1. The molecule has 0 atom stereocenters. The molecule has 3 nitrogen and oxygen atoms in total. The third-order valence-corrected chi connectivity index (χ3v) is 3.42. The van der Waals surface area contributed by atoms with Gasteiger partial charge in [-0.2, -0.15) is 0 Å². The van der Waals surface area contributed by atoms with E-state index in [2.05, 4.69) is 20.7 Å². The Morgan fingerprint density at radius 2 is 1.90 bits per heavy atom. The van der Waals surface area contributed by atoms with Crippen LogP contribution in [0.3, 0.4) is 0 Å². The lowest BCUT2D eigenvalue weighted by Crippen LogP contribution is -2.01. The largest absolute Gasteiger partial charge is 0.489 e. The summed E-state index contributed by atoms with van der Waals surface area (Å²) in [7, 11) is 1.33. The van der Waals surface area contributed by atoms with Gasteiger partial charge in [-0.25, -0.2) is 9.18 Å². The Hall–Kier alpha value is -1.88. The molecule has 2 rings (SSSR count). The van der Waals surface area contributed by atoms with Gasteiger partial charge in [0.05, 0.1) is 12.7 Å². The van der Waals surface area contributed by atoms with Gasteiger partial charge in [0.25, 0.3) is 0 Å². The van der Waals surface area contributed by atoms with Crippen LogP contribution in [-0.4, -0.2) is 13.1 Å². The first-order valence-electron chi connectivity index (χ1n) is 5.85. The molecule has 0 saturated heterocycles. The van der Waals surface area contributed by atoms with Crippen LogP contribution in [0.2, 0.25) is 0 Å². The van der Waals surface area contributed by atoms with Gasteiger partial charge >= 0.3 is 5.97 Å². The smallest absolute Gasteiger partial charge is 0.337 e. The maximum absolute atomic E-state index is 12.9. The van der Waals surface area contributed by atoms with Crippen molar-refractivity contribution in [2.75, 3.05) is 7.11 Å². The van der Waals surface area contributed by atoms with Crippen LogP contribution in [0.25, 0.3) is 0 Å². The second-order valence-electron chi connectivity index (χ2n) is 4.04. The van der Waals surface area contributed by atoms with E-state index in [4.69, 9.17) is 4.74 Å². The molecule has 0 fully saturated rings. The summed E-state index contributed by atoms with van der Waals surface area (Å²) in [6, 6.07) is 11.0. The quantitative estimate of drug-likeness (QED) is 0.791. The molecular weight excluding hydrogens is 327 g/mol. The molecule has 0 heterocycles. The van der Waals surface area contributed by atoms with E-state index >= 15 is 0 Å². The number of hydrogen-bond donors (Lipinski definition) is 0. The summed E-state index contributed by atoms with van der Waals surface area (Å²) in [4.78, 5) is 11.3. The van der Waals surface area contributed by atoms with Crippen molar-refractivity contribution >= 4 is 21.9 Å². The van der Waals surface area contributed by atoms with E-state index in [-0.39, 0.29) is 5.82 Å². The average molecular weight is 339 g/mol. The first-order valence-corrected chi connectivity index (χ1v) is 6.64. The molecule has 5 heteroatoms. The summed E-state index contributed by atoms with van der Waals surface area (Å²) in [5, 5.41) is 0. The molecule has 0 aliphatic rings. The molecule has 0 aliphatic carbocycles. The van der Waals surface area contributed by atoms with Crippen LogP contribution in [0.1, 0.15) is 15.9 Å². The monoisotopic (exact) mass is 338 g/mol. The molecule has 20 heavy (non-hydrogen) atoms. The fraction of sp³-hybridized carbons (Fsp3) is 0.133. The Labute approximate surface area is 124 Å². The molecule has 0 bridgehead atoms. The zero-order valence-electron chi connectivity index (χ0n) is 10.7. The SMILES string of the molecule is COC(=O)c1ccc(OCc2ccc(F)cc2Br)cc1. The van der Waals surface area contributed by atoms with Crippen LogP contribution in [0, 0.1) is 5.82 Å². The third kappa shape index (κ3) is 3.57. The lowest BCUT2D eigenvalue weighted by Gasteiger charge is -2.08. The fourth-order valence-corrected chi connectivity index (χ4v) is 2.07. The molecule has 0 aromatic heterocycles. The van der Waals surface area contributed by atoms with E-state index < -0.39 is 5.97 Å². The van der Waals surface area contributed by atoms with E-state index in [1.54, 1.807) is 30.3 Å². The molecule has 0 N–H and O–H groups in total. The van der Waals surface area contributed by atoms with Gasteiger partial charge in [0.15, 0.2) is 0 Å². The van der Waals surface area contributed by atoms with Crippen molar-refractivity contribution in [1.82, 2.24) is 0 Å². The molecule has 0 radical (unpaired) electrons. The van der Waals surface area contributed by atoms with Gasteiger partial charge < -0.3 is 9.47 Å². The van der Waals surface area contributed by atoms with E-state index in [9.17, 15) is 9.18 Å². The van der Waals surface area contributed by atoms with Crippen molar-refractivity contribution in [3.8, 4) is 5.75 Å². The van der Waals surface area contributed by atoms with Gasteiger partial charge in [-0.15, -0.1) is 0 Å². The number of ether oxygens (including phenoxy) is 2. The van der Waals surface area contributed by atoms with Crippen LogP contribution in [0.15, 0.2) is 46.9 Å². The summed E-state index contributed by atoms with van der Waals surface area (Å²) in [5.74, 6) is -0.0743. The molecule has 2 aromatic rings. The van der Waals surface area contributed by atoms with E-state index in [0.717, 1.165) is 5.56 Å². The molecule has 2 aromatic carbocycles. The summed E-state index contributed by atoms with van der Waals surface area (Å²) < 4.78 is 23.8. The standard InChI is InChI=1S/C15H12BrFO3/c1-19-15(18)10-3-6-13(7-4-10)20-9-11-2-5-12(17)8-14(11)16/h2-8H,9H2,1H3. The summed E-state index contributed by atoms with van der Waals surface area (Å²) in [6.07, 6.45) is 0. The molecule has 0 aliphatic heterocycles. The number of methoxy groups -OCH3 is 1. The normalized spacial score (nSPS) is 10.2. The fourth-order valence-electron chi connectivity index (χ4n) is 1.60. The van der Waals surface area contributed by atoms with Crippen molar-refractivity contribution in [2.24, 2.45) is 0 Å². The molecule has 0 saturated carbocycles. The van der Waals surface area contributed by atoms with Crippen LogP contribution in [0.5, 0.6) is 5.75 Å². The van der Waals surface area contributed by atoms with Crippen molar-refractivity contribution in [3.63, 3.8) is 0 Å². The number of carbonyl (C=O) groups is 1. The Morgan fingerprint density at radius 3 is 2.50 bits per heavy atom. The highest BCUT2D eigenvalue weighted by atomic mass is 79.9. The number of rotatable bonds is 4. The first kappa shape index (κ1) is 14.5. The van der Waals surface area contributed by atoms with Gasteiger partial charge in [0.1, 0.15) is 18.2 Å². The summed E-state index contributed by atoms with van der Waals surface area (Å²) in [5.41, 5.74) is 1.30. The molecule has 0 spiro atoms. The number of halogens is 2. The minimum atomic E-state index is -0.391. The minimum absolute atomic E-state index is 0.303. The Bertz CT molecular complexity index is 611. The predicted octanol–water partition coefficient (Wildman–Crippen LogP) is 3.95. The van der Waals surface area contributed by atoms with Crippen molar-refractivity contribution in [2.45, 2.75) is 6.61 Å². The molecule has 104 valence electrons. The van der Waals surface area contributed by atoms with Crippen LogP contribution in [0.4, 0.5) is 4.39 Å². The highest BCUT2D eigenvalue weighted by Gasteiger charge is 2.06. The Balaban J connectivity index is 2.02. The van der Waals surface area contributed by atoms with Crippen molar-refractivity contribution < 1.29 is 18.7 Å². The predicted molar refractivity (Wildman–Crippen MR) is 76.2 cm³/mol. The van der Waals surface area contributed by atoms with Crippen molar-refractivity contribution in [1.29, 1.82) is 0 Å². The lowest BCUT2D eigenvalue weighted by atomic mass is 10.2. The Morgan fingerprint density at radius 1 is 1.20 bits per heavy atom. The molecular formula is C15H12BrFO3. The van der Waals surface area contributed by atoms with Crippen LogP contribution >= 0.6 is 15.9 Å². The number of hydrogen-bond acceptors (Lipinski definition) is 3. The summed E-state index contributed by atoms with van der Waals surface area (Å²) in [6.45, 7) is 0.304. The Kier molecular flexibility index (Phi) is 4.74. The lowest BCUT2D eigenvalue weighted by molar-refractivity contribution is 0.0600. The average Bonchev–Trinajstić information content (AvgIpc) is 2.46. The van der Waals surface area contributed by atoms with E-state index in [0.29, 0.717) is 22.4 Å². The maximum Gasteiger partial charge on any atom is 0.337 e. The van der Waals surface area contributed by atoms with Gasteiger partial charge in [0.2, 0.25) is 0 Å². The van der Waals surface area contributed by atoms with Crippen LogP contribution < -0.4 is 4.74 Å². The van der Waals surface area contributed by atoms with Gasteiger partial charge in [0, 0.05) is 10.0 Å². The zero-order chi connectivity index (χ0) is 14.5. The van der Waals surface area contributed by atoms with Gasteiger partial charge in [-0.05, 0) is 36.4 Å². The maximum atomic E-state index is 12.9. The highest BCUT2D eigenvalue weighted by Crippen LogP contribution is 2.21. The topological polar surface area (TPSA) is 35.5 Å². The molecule has 0 amide bonds. The summed E-state index contributed by atoms with van der Waals surface area (Å²) >= 11 is 3.28. The molecule has 0 unspecified atom stereocenters. The second kappa shape index (κ2) is 6.52. The van der Waals surface area contributed by atoms with Gasteiger partial charge in [-0.1, -0.05) is 22.0 Å². The van der Waals surface area contributed by atoms with Crippen molar-refractivity contribution in [3.05, 3.63) is 63.9 Å². The number of esters is 1.